The van der Waals surface area contributed by atoms with E-state index in [0.717, 1.165) is 22.9 Å². The summed E-state index contributed by atoms with van der Waals surface area (Å²) in [5.74, 6) is 2.76. The van der Waals surface area contributed by atoms with Gasteiger partial charge < -0.3 is 11.1 Å². The standard InChI is InChI=1S/C16H16N4S/c1-9-14(17)19-16(10-2-3-10)20-15(9)18-12-4-5-13-11(8-12)6-7-21-13/h4-8,10H,2-3H2,1H3,(H3,17,18,19,20). The molecule has 4 rings (SSSR count). The van der Waals surface area contributed by atoms with E-state index in [4.69, 9.17) is 5.73 Å². The average Bonchev–Trinajstić information content (AvgIpc) is 3.22. The van der Waals surface area contributed by atoms with Gasteiger partial charge in [0.25, 0.3) is 0 Å². The first-order valence-electron chi connectivity index (χ1n) is 7.09. The van der Waals surface area contributed by atoms with Crippen molar-refractivity contribution in [2.45, 2.75) is 25.7 Å². The summed E-state index contributed by atoms with van der Waals surface area (Å²) in [5.41, 5.74) is 7.96. The van der Waals surface area contributed by atoms with E-state index in [9.17, 15) is 0 Å². The lowest BCUT2D eigenvalue weighted by atomic mass is 10.2. The molecule has 1 aliphatic carbocycles. The van der Waals surface area contributed by atoms with Gasteiger partial charge in [0.1, 0.15) is 17.5 Å². The topological polar surface area (TPSA) is 63.8 Å². The third kappa shape index (κ3) is 2.34. The number of nitrogens with zero attached hydrogens (tertiary/aromatic N) is 2. The number of hydrogen-bond acceptors (Lipinski definition) is 5. The molecular weight excluding hydrogens is 280 g/mol. The second-order valence-corrected chi connectivity index (χ2v) is 6.46. The Morgan fingerprint density at radius 1 is 1.24 bits per heavy atom. The zero-order chi connectivity index (χ0) is 14.4. The number of nitrogen functional groups attached to an aromatic ring is 1. The normalized spacial score (nSPS) is 14.5. The van der Waals surface area contributed by atoms with Crippen LogP contribution in [0, 0.1) is 6.92 Å². The first kappa shape index (κ1) is 12.6. The van der Waals surface area contributed by atoms with Crippen molar-refractivity contribution in [3.05, 3.63) is 41.0 Å². The van der Waals surface area contributed by atoms with Gasteiger partial charge in [0.2, 0.25) is 0 Å². The van der Waals surface area contributed by atoms with E-state index in [1.165, 1.54) is 22.9 Å². The predicted molar refractivity (Wildman–Crippen MR) is 88.3 cm³/mol. The van der Waals surface area contributed by atoms with Crippen molar-refractivity contribution in [2.24, 2.45) is 0 Å². The Balaban J connectivity index is 1.72. The molecule has 0 aliphatic heterocycles. The average molecular weight is 296 g/mol. The molecule has 4 nitrogen and oxygen atoms in total. The molecule has 1 aromatic carbocycles. The number of benzene rings is 1. The molecule has 0 amide bonds. The first-order valence-corrected chi connectivity index (χ1v) is 7.97. The number of fused-ring (bicyclic) bond motifs is 1. The summed E-state index contributed by atoms with van der Waals surface area (Å²) in [6, 6.07) is 8.47. The number of nitrogens with one attached hydrogen (secondary N) is 1. The van der Waals surface area contributed by atoms with Crippen LogP contribution in [-0.2, 0) is 0 Å². The Labute approximate surface area is 127 Å². The van der Waals surface area contributed by atoms with Gasteiger partial charge in [-0.05, 0) is 54.8 Å². The van der Waals surface area contributed by atoms with Gasteiger partial charge in [-0.1, -0.05) is 0 Å². The predicted octanol–water partition coefficient (Wildman–Crippen LogP) is 4.20. The van der Waals surface area contributed by atoms with Crippen molar-refractivity contribution in [2.75, 3.05) is 11.1 Å². The summed E-state index contributed by atoms with van der Waals surface area (Å²) >= 11 is 1.75. The molecule has 0 saturated heterocycles. The highest BCUT2D eigenvalue weighted by Gasteiger charge is 2.27. The van der Waals surface area contributed by atoms with Gasteiger partial charge >= 0.3 is 0 Å². The van der Waals surface area contributed by atoms with Gasteiger partial charge in [0, 0.05) is 21.9 Å². The lowest BCUT2D eigenvalue weighted by Gasteiger charge is -2.12. The van der Waals surface area contributed by atoms with Crippen molar-refractivity contribution in [1.82, 2.24) is 9.97 Å². The maximum Gasteiger partial charge on any atom is 0.139 e. The molecule has 2 heterocycles. The van der Waals surface area contributed by atoms with Gasteiger partial charge in [-0.25, -0.2) is 9.97 Å². The van der Waals surface area contributed by atoms with Crippen LogP contribution in [0.5, 0.6) is 0 Å². The summed E-state index contributed by atoms with van der Waals surface area (Å²) in [5, 5.41) is 6.74. The largest absolute Gasteiger partial charge is 0.383 e. The zero-order valence-corrected chi connectivity index (χ0v) is 12.6. The molecule has 3 aromatic rings. The van der Waals surface area contributed by atoms with E-state index < -0.39 is 0 Å². The maximum absolute atomic E-state index is 6.03. The number of hydrogen-bond donors (Lipinski definition) is 2. The van der Waals surface area contributed by atoms with Crippen molar-refractivity contribution in [3.8, 4) is 0 Å². The molecule has 1 saturated carbocycles. The van der Waals surface area contributed by atoms with E-state index in [1.54, 1.807) is 11.3 Å². The minimum atomic E-state index is 0.493. The van der Waals surface area contributed by atoms with E-state index in [1.807, 2.05) is 6.92 Å². The molecule has 3 N–H and O–H groups in total. The molecule has 0 bridgehead atoms. The first-order chi connectivity index (χ1) is 10.2. The Bertz CT molecular complexity index is 820. The third-order valence-electron chi connectivity index (χ3n) is 3.86. The molecule has 0 atom stereocenters. The maximum atomic E-state index is 6.03. The molecule has 21 heavy (non-hydrogen) atoms. The molecule has 2 aromatic heterocycles. The third-order valence-corrected chi connectivity index (χ3v) is 4.76. The molecule has 106 valence electrons. The van der Waals surface area contributed by atoms with E-state index >= 15 is 0 Å². The molecule has 1 fully saturated rings. The smallest absolute Gasteiger partial charge is 0.139 e. The number of nitrogens with two attached hydrogens (primary N) is 1. The minimum Gasteiger partial charge on any atom is -0.383 e. The SMILES string of the molecule is Cc1c(N)nc(C2CC2)nc1Nc1ccc2sccc2c1. The summed E-state index contributed by atoms with van der Waals surface area (Å²) in [4.78, 5) is 9.07. The van der Waals surface area contributed by atoms with Crippen molar-refractivity contribution < 1.29 is 0 Å². The second kappa shape index (κ2) is 4.70. The number of rotatable bonds is 3. The number of aromatic nitrogens is 2. The second-order valence-electron chi connectivity index (χ2n) is 5.51. The van der Waals surface area contributed by atoms with Crippen LogP contribution in [0.3, 0.4) is 0 Å². The molecule has 0 radical (unpaired) electrons. The quantitative estimate of drug-likeness (QED) is 0.760. The van der Waals surface area contributed by atoms with Crippen LogP contribution in [0.4, 0.5) is 17.3 Å². The molecule has 0 spiro atoms. The molecule has 1 aliphatic rings. The van der Waals surface area contributed by atoms with Crippen LogP contribution in [-0.4, -0.2) is 9.97 Å². The Kier molecular flexibility index (Phi) is 2.82. The number of thiophene rings is 1. The molecular formula is C16H16N4S. The van der Waals surface area contributed by atoms with Crippen LogP contribution in [0.25, 0.3) is 10.1 Å². The summed E-state index contributed by atoms with van der Waals surface area (Å²) in [6.07, 6.45) is 2.34. The lowest BCUT2D eigenvalue weighted by Crippen LogP contribution is -2.06. The van der Waals surface area contributed by atoms with E-state index in [-0.39, 0.29) is 0 Å². The monoisotopic (exact) mass is 296 g/mol. The fourth-order valence-electron chi connectivity index (χ4n) is 2.38. The van der Waals surface area contributed by atoms with Gasteiger partial charge in [-0.2, -0.15) is 0 Å². The Hall–Kier alpha value is -2.14. The lowest BCUT2D eigenvalue weighted by molar-refractivity contribution is 0.928. The van der Waals surface area contributed by atoms with E-state index in [0.29, 0.717) is 11.7 Å². The molecule has 5 heteroatoms. The Morgan fingerprint density at radius 3 is 2.90 bits per heavy atom. The summed E-state index contributed by atoms with van der Waals surface area (Å²) in [6.45, 7) is 1.96. The highest BCUT2D eigenvalue weighted by Crippen LogP contribution is 2.39. The van der Waals surface area contributed by atoms with Gasteiger partial charge in [-0.3, -0.25) is 0 Å². The molecule has 0 unspecified atom stereocenters. The minimum absolute atomic E-state index is 0.493. The van der Waals surface area contributed by atoms with Crippen LogP contribution >= 0.6 is 11.3 Å². The van der Waals surface area contributed by atoms with Gasteiger partial charge in [-0.15, -0.1) is 11.3 Å². The summed E-state index contributed by atoms with van der Waals surface area (Å²) in [7, 11) is 0. The fourth-order valence-corrected chi connectivity index (χ4v) is 3.15. The fraction of sp³-hybridized carbons (Fsp3) is 0.250. The van der Waals surface area contributed by atoms with Crippen LogP contribution < -0.4 is 11.1 Å². The zero-order valence-electron chi connectivity index (χ0n) is 11.8. The van der Waals surface area contributed by atoms with Crippen LogP contribution in [0.1, 0.15) is 30.1 Å². The van der Waals surface area contributed by atoms with Crippen LogP contribution in [0.15, 0.2) is 29.6 Å². The highest BCUT2D eigenvalue weighted by atomic mass is 32.1. The highest BCUT2D eigenvalue weighted by molar-refractivity contribution is 7.17. The van der Waals surface area contributed by atoms with Gasteiger partial charge in [0.15, 0.2) is 0 Å². The Morgan fingerprint density at radius 2 is 2.10 bits per heavy atom. The van der Waals surface area contributed by atoms with Gasteiger partial charge in [0.05, 0.1) is 0 Å². The van der Waals surface area contributed by atoms with Crippen molar-refractivity contribution in [3.63, 3.8) is 0 Å². The van der Waals surface area contributed by atoms with Crippen molar-refractivity contribution in [1.29, 1.82) is 0 Å². The van der Waals surface area contributed by atoms with Crippen molar-refractivity contribution >= 4 is 38.7 Å². The summed E-state index contributed by atoms with van der Waals surface area (Å²) < 4.78 is 1.29. The number of anilines is 3. The van der Waals surface area contributed by atoms with E-state index in [2.05, 4.69) is 44.9 Å². The van der Waals surface area contributed by atoms with Crippen LogP contribution in [0.2, 0.25) is 0 Å².